The van der Waals surface area contributed by atoms with Crippen molar-refractivity contribution in [2.24, 2.45) is 11.8 Å². The van der Waals surface area contributed by atoms with E-state index in [9.17, 15) is 18.3 Å². The first-order chi connectivity index (χ1) is 9.27. The maximum atomic E-state index is 12.0. The van der Waals surface area contributed by atoms with Crippen LogP contribution in [0.1, 0.15) is 33.6 Å². The summed E-state index contributed by atoms with van der Waals surface area (Å²) in [7, 11) is -3.15. The summed E-state index contributed by atoms with van der Waals surface area (Å²) in [6.07, 6.45) is 0.547. The van der Waals surface area contributed by atoms with E-state index in [0.717, 1.165) is 0 Å². The molecule has 6 nitrogen and oxygen atoms in total. The first kappa shape index (κ1) is 17.4. The van der Waals surface area contributed by atoms with Gasteiger partial charge >= 0.3 is 0 Å². The fourth-order valence-corrected chi connectivity index (χ4v) is 3.30. The zero-order valence-corrected chi connectivity index (χ0v) is 13.3. The number of nitrogens with zero attached hydrogens (tertiary/aromatic N) is 1. The molecule has 1 amide bonds. The standard InChI is InChI=1S/C13H26N2O4S/c1-4-20(18,19)15-7-5-11(6-8-15)13(17)14-9-12(16)10(2)3/h10-12,16H,4-9H2,1-3H3,(H,14,17). The van der Waals surface area contributed by atoms with Crippen LogP contribution >= 0.6 is 0 Å². The van der Waals surface area contributed by atoms with Gasteiger partial charge in [-0.15, -0.1) is 0 Å². The highest BCUT2D eigenvalue weighted by Crippen LogP contribution is 2.20. The average molecular weight is 306 g/mol. The van der Waals surface area contributed by atoms with Gasteiger partial charge in [-0.1, -0.05) is 13.8 Å². The molecule has 2 N–H and O–H groups in total. The Hall–Kier alpha value is -0.660. The number of rotatable bonds is 6. The smallest absolute Gasteiger partial charge is 0.223 e. The first-order valence-electron chi connectivity index (χ1n) is 7.21. The summed E-state index contributed by atoms with van der Waals surface area (Å²) < 4.78 is 24.9. The summed E-state index contributed by atoms with van der Waals surface area (Å²) in [4.78, 5) is 12.0. The molecular weight excluding hydrogens is 280 g/mol. The van der Waals surface area contributed by atoms with E-state index in [0.29, 0.717) is 25.9 Å². The van der Waals surface area contributed by atoms with Crippen molar-refractivity contribution in [3.8, 4) is 0 Å². The van der Waals surface area contributed by atoms with Gasteiger partial charge in [-0.05, 0) is 25.7 Å². The molecule has 1 rings (SSSR count). The van der Waals surface area contributed by atoms with Gasteiger partial charge in [-0.3, -0.25) is 4.79 Å². The molecule has 0 aromatic rings. The molecule has 1 fully saturated rings. The Morgan fingerprint density at radius 3 is 2.35 bits per heavy atom. The van der Waals surface area contributed by atoms with Gasteiger partial charge in [-0.2, -0.15) is 0 Å². The number of carbonyl (C=O) groups is 1. The lowest BCUT2D eigenvalue weighted by Crippen LogP contribution is -2.45. The van der Waals surface area contributed by atoms with Gasteiger partial charge < -0.3 is 10.4 Å². The molecule has 1 heterocycles. The summed E-state index contributed by atoms with van der Waals surface area (Å²) in [6.45, 7) is 6.48. The molecule has 1 unspecified atom stereocenters. The molecule has 0 bridgehead atoms. The number of piperidine rings is 1. The number of amides is 1. The molecule has 0 radical (unpaired) electrons. The third-order valence-corrected chi connectivity index (χ3v) is 5.72. The fourth-order valence-electron chi connectivity index (χ4n) is 2.16. The van der Waals surface area contributed by atoms with Crippen LogP contribution in [0.5, 0.6) is 0 Å². The van der Waals surface area contributed by atoms with Crippen molar-refractivity contribution < 1.29 is 18.3 Å². The normalized spacial score (nSPS) is 20.1. The van der Waals surface area contributed by atoms with Crippen LogP contribution < -0.4 is 5.32 Å². The van der Waals surface area contributed by atoms with Crippen molar-refractivity contribution in [1.29, 1.82) is 0 Å². The first-order valence-corrected chi connectivity index (χ1v) is 8.82. The van der Waals surface area contributed by atoms with Crippen molar-refractivity contribution in [2.45, 2.75) is 39.7 Å². The fraction of sp³-hybridized carbons (Fsp3) is 0.923. The van der Waals surface area contributed by atoms with E-state index in [-0.39, 0.29) is 30.0 Å². The van der Waals surface area contributed by atoms with Gasteiger partial charge in [0.25, 0.3) is 0 Å². The highest BCUT2D eigenvalue weighted by molar-refractivity contribution is 7.89. The van der Waals surface area contributed by atoms with E-state index in [1.165, 1.54) is 4.31 Å². The summed E-state index contributed by atoms with van der Waals surface area (Å²) in [5.74, 6) is -0.0347. The second kappa shape index (κ2) is 7.38. The predicted molar refractivity (Wildman–Crippen MR) is 77.6 cm³/mol. The summed E-state index contributed by atoms with van der Waals surface area (Å²) >= 11 is 0. The van der Waals surface area contributed by atoms with Gasteiger partial charge in [0.15, 0.2) is 0 Å². The summed E-state index contributed by atoms with van der Waals surface area (Å²) in [6, 6.07) is 0. The Bertz CT molecular complexity index is 414. The van der Waals surface area contributed by atoms with E-state index in [1.807, 2.05) is 13.8 Å². The second-order valence-corrected chi connectivity index (χ2v) is 7.89. The molecule has 0 spiro atoms. The number of hydrogen-bond acceptors (Lipinski definition) is 4. The number of sulfonamides is 1. The van der Waals surface area contributed by atoms with E-state index in [1.54, 1.807) is 6.92 Å². The van der Waals surface area contributed by atoms with Crippen LogP contribution in [0.2, 0.25) is 0 Å². The minimum absolute atomic E-state index is 0.0850. The minimum Gasteiger partial charge on any atom is -0.391 e. The number of nitrogens with one attached hydrogen (secondary N) is 1. The molecule has 1 atom stereocenters. The Labute approximate surface area is 121 Å². The predicted octanol–water partition coefficient (Wildman–Crippen LogP) is 0.181. The molecule has 0 aromatic heterocycles. The molecule has 1 aliphatic rings. The minimum atomic E-state index is -3.15. The Kier molecular flexibility index (Phi) is 6.42. The molecule has 0 aromatic carbocycles. The van der Waals surface area contributed by atoms with Gasteiger partial charge in [-0.25, -0.2) is 12.7 Å². The van der Waals surface area contributed by atoms with Gasteiger partial charge in [0.1, 0.15) is 0 Å². The van der Waals surface area contributed by atoms with Crippen LogP contribution in [-0.4, -0.2) is 55.2 Å². The second-order valence-electron chi connectivity index (χ2n) is 5.63. The average Bonchev–Trinajstić information content (AvgIpc) is 2.44. The van der Waals surface area contributed by atoms with Crippen LogP contribution in [0.15, 0.2) is 0 Å². The number of aliphatic hydroxyl groups excluding tert-OH is 1. The third-order valence-electron chi connectivity index (χ3n) is 3.84. The quantitative estimate of drug-likeness (QED) is 0.733. The highest BCUT2D eigenvalue weighted by atomic mass is 32.2. The van der Waals surface area contributed by atoms with Crippen LogP contribution in [0, 0.1) is 11.8 Å². The van der Waals surface area contributed by atoms with Crippen molar-refractivity contribution in [1.82, 2.24) is 9.62 Å². The van der Waals surface area contributed by atoms with E-state index < -0.39 is 16.1 Å². The maximum absolute atomic E-state index is 12.0. The number of hydrogen-bond donors (Lipinski definition) is 2. The van der Waals surface area contributed by atoms with Crippen molar-refractivity contribution in [2.75, 3.05) is 25.4 Å². The van der Waals surface area contributed by atoms with Gasteiger partial charge in [0, 0.05) is 25.6 Å². The van der Waals surface area contributed by atoms with Crippen molar-refractivity contribution >= 4 is 15.9 Å². The van der Waals surface area contributed by atoms with Crippen molar-refractivity contribution in [3.63, 3.8) is 0 Å². The summed E-state index contributed by atoms with van der Waals surface area (Å²) in [5, 5.41) is 12.4. The zero-order valence-electron chi connectivity index (χ0n) is 12.5. The molecule has 1 saturated heterocycles. The Morgan fingerprint density at radius 1 is 1.35 bits per heavy atom. The van der Waals surface area contributed by atoms with Gasteiger partial charge in [0.2, 0.25) is 15.9 Å². The maximum Gasteiger partial charge on any atom is 0.223 e. The monoisotopic (exact) mass is 306 g/mol. The largest absolute Gasteiger partial charge is 0.391 e. The summed E-state index contributed by atoms with van der Waals surface area (Å²) in [5.41, 5.74) is 0. The lowest BCUT2D eigenvalue weighted by Gasteiger charge is -2.30. The SMILES string of the molecule is CCS(=O)(=O)N1CCC(C(=O)NCC(O)C(C)C)CC1. The molecule has 0 saturated carbocycles. The Balaban J connectivity index is 2.40. The highest BCUT2D eigenvalue weighted by Gasteiger charge is 2.30. The molecule has 7 heteroatoms. The zero-order chi connectivity index (χ0) is 15.3. The Morgan fingerprint density at radius 2 is 1.90 bits per heavy atom. The molecule has 20 heavy (non-hydrogen) atoms. The molecule has 118 valence electrons. The van der Waals surface area contributed by atoms with Crippen molar-refractivity contribution in [3.05, 3.63) is 0 Å². The van der Waals surface area contributed by atoms with Crippen LogP contribution in [0.4, 0.5) is 0 Å². The lowest BCUT2D eigenvalue weighted by atomic mass is 9.97. The molecular formula is C13H26N2O4S. The number of aliphatic hydroxyl groups is 1. The van der Waals surface area contributed by atoms with Gasteiger partial charge in [0.05, 0.1) is 11.9 Å². The molecule has 0 aliphatic carbocycles. The van der Waals surface area contributed by atoms with E-state index in [2.05, 4.69) is 5.32 Å². The van der Waals surface area contributed by atoms with E-state index >= 15 is 0 Å². The van der Waals surface area contributed by atoms with Crippen LogP contribution in [-0.2, 0) is 14.8 Å². The lowest BCUT2D eigenvalue weighted by molar-refractivity contribution is -0.126. The third kappa shape index (κ3) is 4.71. The van der Waals surface area contributed by atoms with Crippen LogP contribution in [0.3, 0.4) is 0 Å². The number of carbonyl (C=O) groups excluding carboxylic acids is 1. The molecule has 1 aliphatic heterocycles. The van der Waals surface area contributed by atoms with Crippen LogP contribution in [0.25, 0.3) is 0 Å². The van der Waals surface area contributed by atoms with E-state index in [4.69, 9.17) is 0 Å². The topological polar surface area (TPSA) is 86.7 Å².